The highest BCUT2D eigenvalue weighted by Gasteiger charge is 2.07. The van der Waals surface area contributed by atoms with Gasteiger partial charge in [-0.25, -0.2) is 0 Å². The molecule has 82 valence electrons. The number of carboxylic acids is 1. The van der Waals surface area contributed by atoms with Crippen LogP contribution in [-0.4, -0.2) is 27.4 Å². The Hall–Kier alpha value is -0.550. The second kappa shape index (κ2) is 7.82. The van der Waals surface area contributed by atoms with Crippen LogP contribution in [0.15, 0.2) is 0 Å². The minimum atomic E-state index is -0.795. The number of aliphatic hydroxyl groups excluding tert-OH is 1. The standard InChI is InChI=1S/C9H16O4S/c10-7(6-9(13)14)4-2-1-3-5-8(11)12/h7,10H,1-6H2,(H,11,12)(H,13,14). The van der Waals surface area contributed by atoms with Crippen LogP contribution < -0.4 is 0 Å². The van der Waals surface area contributed by atoms with Crippen LogP contribution >= 0.6 is 12.6 Å². The Balaban J connectivity index is 3.27. The summed E-state index contributed by atoms with van der Waals surface area (Å²) >= 11 is 3.55. The average molecular weight is 220 g/mol. The Morgan fingerprint density at radius 2 is 1.86 bits per heavy atom. The van der Waals surface area contributed by atoms with Gasteiger partial charge in [-0.05, 0) is 12.8 Å². The van der Waals surface area contributed by atoms with E-state index in [0.717, 1.165) is 12.8 Å². The van der Waals surface area contributed by atoms with Crippen LogP contribution in [0.25, 0.3) is 0 Å². The summed E-state index contributed by atoms with van der Waals surface area (Å²) in [6.07, 6.45) is 2.27. The molecule has 0 saturated heterocycles. The minimum absolute atomic E-state index is 0.0715. The van der Waals surface area contributed by atoms with Gasteiger partial charge in [-0.3, -0.25) is 9.59 Å². The van der Waals surface area contributed by atoms with E-state index in [4.69, 9.17) is 5.11 Å². The van der Waals surface area contributed by atoms with Gasteiger partial charge >= 0.3 is 5.97 Å². The van der Waals surface area contributed by atoms with E-state index in [1.807, 2.05) is 0 Å². The first-order valence-electron chi connectivity index (χ1n) is 4.64. The number of hydrogen-bond acceptors (Lipinski definition) is 3. The van der Waals surface area contributed by atoms with Crippen molar-refractivity contribution in [1.82, 2.24) is 0 Å². The van der Waals surface area contributed by atoms with Crippen molar-refractivity contribution in [3.8, 4) is 0 Å². The Morgan fingerprint density at radius 1 is 1.21 bits per heavy atom. The van der Waals surface area contributed by atoms with Gasteiger partial charge in [0.1, 0.15) is 0 Å². The van der Waals surface area contributed by atoms with Gasteiger partial charge in [0, 0.05) is 12.8 Å². The van der Waals surface area contributed by atoms with Crippen LogP contribution in [-0.2, 0) is 9.59 Å². The number of aliphatic hydroxyl groups is 1. The molecule has 0 aromatic rings. The van der Waals surface area contributed by atoms with Crippen LogP contribution in [0.1, 0.15) is 38.5 Å². The van der Waals surface area contributed by atoms with Gasteiger partial charge < -0.3 is 10.2 Å². The van der Waals surface area contributed by atoms with Crippen LogP contribution in [0.2, 0.25) is 0 Å². The fourth-order valence-corrected chi connectivity index (χ4v) is 1.35. The molecular weight excluding hydrogens is 204 g/mol. The lowest BCUT2D eigenvalue weighted by Gasteiger charge is -2.06. The lowest BCUT2D eigenvalue weighted by atomic mass is 10.1. The fraction of sp³-hybridized carbons (Fsp3) is 0.778. The molecule has 0 spiro atoms. The Morgan fingerprint density at radius 3 is 2.36 bits per heavy atom. The Bertz CT molecular complexity index is 193. The van der Waals surface area contributed by atoms with Gasteiger partial charge in [0.25, 0.3) is 0 Å². The van der Waals surface area contributed by atoms with E-state index in [2.05, 4.69) is 12.6 Å². The lowest BCUT2D eigenvalue weighted by Crippen LogP contribution is -2.09. The highest BCUT2D eigenvalue weighted by atomic mass is 32.1. The number of carboxylic acid groups (broad SMARTS) is 1. The molecule has 0 radical (unpaired) electrons. The summed E-state index contributed by atoms with van der Waals surface area (Å²) in [5.41, 5.74) is 0. The summed E-state index contributed by atoms with van der Waals surface area (Å²) in [5, 5.41) is 17.3. The molecule has 0 bridgehead atoms. The van der Waals surface area contributed by atoms with E-state index in [1.165, 1.54) is 0 Å². The molecule has 0 aliphatic rings. The highest BCUT2D eigenvalue weighted by Crippen LogP contribution is 2.09. The molecule has 0 rings (SSSR count). The normalized spacial score (nSPS) is 12.4. The van der Waals surface area contributed by atoms with Gasteiger partial charge in [0.2, 0.25) is 0 Å². The molecule has 0 aromatic heterocycles. The van der Waals surface area contributed by atoms with E-state index >= 15 is 0 Å². The van der Waals surface area contributed by atoms with E-state index in [0.29, 0.717) is 12.8 Å². The van der Waals surface area contributed by atoms with Crippen LogP contribution in [0, 0.1) is 0 Å². The molecule has 0 aliphatic heterocycles. The molecule has 0 heterocycles. The van der Waals surface area contributed by atoms with Gasteiger partial charge in [-0.1, -0.05) is 12.8 Å². The molecule has 0 amide bonds. The first kappa shape index (κ1) is 13.4. The van der Waals surface area contributed by atoms with Gasteiger partial charge in [0.05, 0.1) is 6.10 Å². The van der Waals surface area contributed by atoms with Crippen LogP contribution in [0.5, 0.6) is 0 Å². The smallest absolute Gasteiger partial charge is 0.303 e. The Kier molecular flexibility index (Phi) is 7.51. The van der Waals surface area contributed by atoms with Crippen molar-refractivity contribution >= 4 is 23.7 Å². The molecule has 0 fully saturated rings. The van der Waals surface area contributed by atoms with Crippen molar-refractivity contribution < 1.29 is 19.8 Å². The number of thiol groups is 1. The number of unbranched alkanes of at least 4 members (excludes halogenated alkanes) is 2. The van der Waals surface area contributed by atoms with Gasteiger partial charge in [0.15, 0.2) is 5.12 Å². The van der Waals surface area contributed by atoms with Crippen molar-refractivity contribution in [3.05, 3.63) is 0 Å². The van der Waals surface area contributed by atoms with Crippen molar-refractivity contribution in [3.63, 3.8) is 0 Å². The lowest BCUT2D eigenvalue weighted by molar-refractivity contribution is -0.137. The predicted molar refractivity (Wildman–Crippen MR) is 55.3 cm³/mol. The maximum atomic E-state index is 10.5. The SMILES string of the molecule is O=C(O)CCCCCC(O)CC(=O)S. The van der Waals surface area contributed by atoms with E-state index in [9.17, 15) is 14.7 Å². The second-order valence-corrected chi connectivity index (χ2v) is 3.74. The van der Waals surface area contributed by atoms with Crippen LogP contribution in [0.3, 0.4) is 0 Å². The Labute approximate surface area is 88.7 Å². The highest BCUT2D eigenvalue weighted by molar-refractivity contribution is 7.96. The fourth-order valence-electron chi connectivity index (χ4n) is 1.14. The van der Waals surface area contributed by atoms with E-state index in [-0.39, 0.29) is 18.0 Å². The van der Waals surface area contributed by atoms with E-state index < -0.39 is 12.1 Å². The molecule has 0 aromatic carbocycles. The summed E-state index contributed by atoms with van der Waals surface area (Å²) < 4.78 is 0. The maximum absolute atomic E-state index is 10.5. The molecule has 1 atom stereocenters. The molecule has 5 heteroatoms. The summed E-state index contributed by atoms with van der Waals surface area (Å²) in [4.78, 5) is 20.6. The predicted octanol–water partition coefficient (Wildman–Crippen LogP) is 1.23. The number of rotatable bonds is 8. The third-order valence-corrected chi connectivity index (χ3v) is 2.02. The molecular formula is C9H16O4S. The number of carbonyl (C=O) groups excluding carboxylic acids is 1. The van der Waals surface area contributed by atoms with Crippen molar-refractivity contribution in [2.75, 3.05) is 0 Å². The van der Waals surface area contributed by atoms with Gasteiger partial charge in [-0.2, -0.15) is 0 Å². The number of aliphatic carboxylic acids is 1. The third-order valence-electron chi connectivity index (χ3n) is 1.84. The summed E-state index contributed by atoms with van der Waals surface area (Å²) in [6, 6.07) is 0. The minimum Gasteiger partial charge on any atom is -0.481 e. The second-order valence-electron chi connectivity index (χ2n) is 3.24. The summed E-state index contributed by atoms with van der Waals surface area (Å²) in [7, 11) is 0. The van der Waals surface area contributed by atoms with Crippen molar-refractivity contribution in [1.29, 1.82) is 0 Å². The number of carbonyl (C=O) groups is 2. The molecule has 14 heavy (non-hydrogen) atoms. The zero-order valence-corrected chi connectivity index (χ0v) is 8.87. The van der Waals surface area contributed by atoms with Crippen molar-refractivity contribution in [2.45, 2.75) is 44.6 Å². The topological polar surface area (TPSA) is 74.6 Å². The average Bonchev–Trinajstić information content (AvgIpc) is 2.01. The molecule has 2 N–H and O–H groups in total. The summed E-state index contributed by atoms with van der Waals surface area (Å²) in [6.45, 7) is 0. The van der Waals surface area contributed by atoms with E-state index in [1.54, 1.807) is 0 Å². The number of hydrogen-bond donors (Lipinski definition) is 3. The zero-order chi connectivity index (χ0) is 11.0. The zero-order valence-electron chi connectivity index (χ0n) is 7.98. The van der Waals surface area contributed by atoms with Crippen LogP contribution in [0.4, 0.5) is 0 Å². The monoisotopic (exact) mass is 220 g/mol. The molecule has 1 unspecified atom stereocenters. The first-order chi connectivity index (χ1) is 6.52. The summed E-state index contributed by atoms with van der Waals surface area (Å²) in [5.74, 6) is -0.795. The maximum Gasteiger partial charge on any atom is 0.303 e. The van der Waals surface area contributed by atoms with Crippen molar-refractivity contribution in [2.24, 2.45) is 0 Å². The quantitative estimate of drug-likeness (QED) is 0.425. The largest absolute Gasteiger partial charge is 0.481 e. The van der Waals surface area contributed by atoms with Gasteiger partial charge in [-0.15, -0.1) is 12.6 Å². The first-order valence-corrected chi connectivity index (χ1v) is 5.08. The third kappa shape index (κ3) is 9.54. The molecule has 0 saturated carbocycles. The molecule has 0 aliphatic carbocycles. The molecule has 4 nitrogen and oxygen atoms in total.